The van der Waals surface area contributed by atoms with Gasteiger partial charge in [-0.3, -0.25) is 14.3 Å². The SMILES string of the molecule is COc1ccc(CN2CCn3c(nc4c(cnn4C(C)C)c3=O)C2)cc1. The van der Waals surface area contributed by atoms with E-state index in [1.54, 1.807) is 17.9 Å². The summed E-state index contributed by atoms with van der Waals surface area (Å²) < 4.78 is 8.82. The maximum absolute atomic E-state index is 12.8. The van der Waals surface area contributed by atoms with Crippen molar-refractivity contribution in [2.45, 2.75) is 39.5 Å². The van der Waals surface area contributed by atoms with Gasteiger partial charge in [0.15, 0.2) is 5.65 Å². The Labute approximate surface area is 151 Å². The number of ether oxygens (including phenoxy) is 1. The zero-order valence-corrected chi connectivity index (χ0v) is 15.3. The molecule has 0 N–H and O–H groups in total. The van der Waals surface area contributed by atoms with Gasteiger partial charge in [-0.2, -0.15) is 5.10 Å². The van der Waals surface area contributed by atoms with Crippen LogP contribution in [0.1, 0.15) is 31.3 Å². The number of methoxy groups -OCH3 is 1. The van der Waals surface area contributed by atoms with E-state index in [-0.39, 0.29) is 11.6 Å². The highest BCUT2D eigenvalue weighted by atomic mass is 16.5. The molecule has 7 nitrogen and oxygen atoms in total. The fraction of sp³-hybridized carbons (Fsp3) is 0.421. The van der Waals surface area contributed by atoms with Crippen molar-refractivity contribution >= 4 is 11.0 Å². The van der Waals surface area contributed by atoms with Crippen molar-refractivity contribution in [3.8, 4) is 5.75 Å². The standard InChI is InChI=1S/C19H23N5O2/c1-13(2)24-18-16(10-20-24)19(25)23-9-8-22(12-17(23)21-18)11-14-4-6-15(26-3)7-5-14/h4-7,10,13H,8-9,11-12H2,1-3H3. The lowest BCUT2D eigenvalue weighted by Crippen LogP contribution is -2.39. The van der Waals surface area contributed by atoms with Crippen LogP contribution in [0.25, 0.3) is 11.0 Å². The van der Waals surface area contributed by atoms with E-state index in [4.69, 9.17) is 9.72 Å². The van der Waals surface area contributed by atoms with Crippen molar-refractivity contribution in [1.82, 2.24) is 24.2 Å². The molecule has 0 unspecified atom stereocenters. The van der Waals surface area contributed by atoms with E-state index in [1.165, 1.54) is 5.56 Å². The zero-order valence-electron chi connectivity index (χ0n) is 15.3. The lowest BCUT2D eigenvalue weighted by molar-refractivity contribution is 0.204. The molecule has 7 heteroatoms. The third-order valence-corrected chi connectivity index (χ3v) is 4.85. The second kappa shape index (κ2) is 6.57. The Morgan fingerprint density at radius 1 is 1.19 bits per heavy atom. The Morgan fingerprint density at radius 3 is 2.65 bits per heavy atom. The van der Waals surface area contributed by atoms with E-state index < -0.39 is 0 Å². The van der Waals surface area contributed by atoms with Gasteiger partial charge in [0.05, 0.1) is 19.9 Å². The average Bonchev–Trinajstić information content (AvgIpc) is 3.07. The molecule has 1 aliphatic rings. The first kappa shape index (κ1) is 16.8. The van der Waals surface area contributed by atoms with Crippen LogP contribution in [0.3, 0.4) is 0 Å². The highest BCUT2D eigenvalue weighted by Gasteiger charge is 2.22. The Balaban J connectivity index is 1.63. The largest absolute Gasteiger partial charge is 0.497 e. The number of aromatic nitrogens is 4. The van der Waals surface area contributed by atoms with Crippen LogP contribution in [0, 0.1) is 0 Å². The predicted molar refractivity (Wildman–Crippen MR) is 99.3 cm³/mol. The first-order chi connectivity index (χ1) is 12.6. The third-order valence-electron chi connectivity index (χ3n) is 4.85. The summed E-state index contributed by atoms with van der Waals surface area (Å²) in [6, 6.07) is 8.26. The van der Waals surface area contributed by atoms with Crippen LogP contribution in [0.2, 0.25) is 0 Å². The first-order valence-electron chi connectivity index (χ1n) is 8.89. The lowest BCUT2D eigenvalue weighted by Gasteiger charge is -2.29. The molecule has 4 rings (SSSR count). The second-order valence-electron chi connectivity index (χ2n) is 6.96. The number of nitrogens with zero attached hydrogens (tertiary/aromatic N) is 5. The molecule has 2 aromatic heterocycles. The molecule has 3 heterocycles. The lowest BCUT2D eigenvalue weighted by atomic mass is 10.2. The Kier molecular flexibility index (Phi) is 4.24. The molecule has 0 saturated heterocycles. The summed E-state index contributed by atoms with van der Waals surface area (Å²) in [5.74, 6) is 1.67. The monoisotopic (exact) mass is 353 g/mol. The van der Waals surface area contributed by atoms with Gasteiger partial charge in [-0.25, -0.2) is 9.67 Å². The van der Waals surface area contributed by atoms with Crippen LogP contribution in [0.4, 0.5) is 0 Å². The van der Waals surface area contributed by atoms with Crippen LogP contribution >= 0.6 is 0 Å². The van der Waals surface area contributed by atoms with Gasteiger partial charge in [0.25, 0.3) is 5.56 Å². The van der Waals surface area contributed by atoms with Crippen LogP contribution < -0.4 is 10.3 Å². The summed E-state index contributed by atoms with van der Waals surface area (Å²) in [7, 11) is 1.67. The Bertz CT molecular complexity index is 988. The van der Waals surface area contributed by atoms with Gasteiger partial charge < -0.3 is 4.74 Å². The molecule has 0 radical (unpaired) electrons. The molecule has 1 aromatic carbocycles. The van der Waals surface area contributed by atoms with E-state index >= 15 is 0 Å². The number of rotatable bonds is 4. The fourth-order valence-corrected chi connectivity index (χ4v) is 3.44. The molecular weight excluding hydrogens is 330 g/mol. The van der Waals surface area contributed by atoms with Crippen molar-refractivity contribution in [1.29, 1.82) is 0 Å². The molecular formula is C19H23N5O2. The molecule has 0 spiro atoms. The minimum Gasteiger partial charge on any atom is -0.497 e. The summed E-state index contributed by atoms with van der Waals surface area (Å²) in [6.45, 7) is 7.04. The van der Waals surface area contributed by atoms with Crippen LogP contribution in [-0.4, -0.2) is 37.9 Å². The maximum Gasteiger partial charge on any atom is 0.264 e. The predicted octanol–water partition coefficient (Wildman–Crippen LogP) is 2.20. The van der Waals surface area contributed by atoms with E-state index in [0.717, 1.165) is 24.7 Å². The van der Waals surface area contributed by atoms with Crippen molar-refractivity contribution in [3.05, 3.63) is 52.2 Å². The van der Waals surface area contributed by atoms with Gasteiger partial charge in [-0.1, -0.05) is 12.1 Å². The highest BCUT2D eigenvalue weighted by molar-refractivity contribution is 5.73. The minimum atomic E-state index is 0.0148. The topological polar surface area (TPSA) is 65.2 Å². The van der Waals surface area contributed by atoms with Crippen molar-refractivity contribution in [2.24, 2.45) is 0 Å². The van der Waals surface area contributed by atoms with Gasteiger partial charge in [0, 0.05) is 25.7 Å². The van der Waals surface area contributed by atoms with Crippen molar-refractivity contribution in [3.63, 3.8) is 0 Å². The maximum atomic E-state index is 12.8. The van der Waals surface area contributed by atoms with Gasteiger partial charge in [0.2, 0.25) is 0 Å². The molecule has 0 aliphatic carbocycles. The number of fused-ring (bicyclic) bond motifs is 2. The molecule has 26 heavy (non-hydrogen) atoms. The van der Waals surface area contributed by atoms with Crippen LogP contribution in [0.5, 0.6) is 5.75 Å². The summed E-state index contributed by atoms with van der Waals surface area (Å²) in [5.41, 5.74) is 1.92. The second-order valence-corrected chi connectivity index (χ2v) is 6.96. The van der Waals surface area contributed by atoms with E-state index in [9.17, 15) is 4.79 Å². The van der Waals surface area contributed by atoms with Gasteiger partial charge in [-0.15, -0.1) is 0 Å². The van der Waals surface area contributed by atoms with Gasteiger partial charge >= 0.3 is 0 Å². The number of hydrogen-bond donors (Lipinski definition) is 0. The molecule has 136 valence electrons. The molecule has 0 bridgehead atoms. The average molecular weight is 353 g/mol. The Morgan fingerprint density at radius 2 is 1.96 bits per heavy atom. The van der Waals surface area contributed by atoms with Crippen LogP contribution in [0.15, 0.2) is 35.3 Å². The summed E-state index contributed by atoms with van der Waals surface area (Å²) in [4.78, 5) is 19.9. The van der Waals surface area contributed by atoms with Crippen LogP contribution in [-0.2, 0) is 19.6 Å². The summed E-state index contributed by atoms with van der Waals surface area (Å²) in [5, 5.41) is 4.95. The van der Waals surface area contributed by atoms with E-state index in [2.05, 4.69) is 22.1 Å². The van der Waals surface area contributed by atoms with Crippen molar-refractivity contribution < 1.29 is 4.74 Å². The molecule has 3 aromatic rings. The first-order valence-corrected chi connectivity index (χ1v) is 8.89. The molecule has 0 amide bonds. The third kappa shape index (κ3) is 2.88. The van der Waals surface area contributed by atoms with E-state index in [0.29, 0.717) is 24.1 Å². The number of hydrogen-bond acceptors (Lipinski definition) is 5. The molecule has 0 saturated carbocycles. The molecule has 0 fully saturated rings. The van der Waals surface area contributed by atoms with E-state index in [1.807, 2.05) is 30.7 Å². The van der Waals surface area contributed by atoms with Crippen molar-refractivity contribution in [2.75, 3.05) is 13.7 Å². The number of benzene rings is 1. The zero-order chi connectivity index (χ0) is 18.3. The fourth-order valence-electron chi connectivity index (χ4n) is 3.44. The normalized spacial score (nSPS) is 14.8. The summed E-state index contributed by atoms with van der Waals surface area (Å²) >= 11 is 0. The Hall–Kier alpha value is -2.67. The smallest absolute Gasteiger partial charge is 0.264 e. The minimum absolute atomic E-state index is 0.0148. The van der Waals surface area contributed by atoms with Gasteiger partial charge in [-0.05, 0) is 31.5 Å². The molecule has 1 aliphatic heterocycles. The van der Waals surface area contributed by atoms with Gasteiger partial charge in [0.1, 0.15) is 17.0 Å². The summed E-state index contributed by atoms with van der Waals surface area (Å²) in [6.07, 6.45) is 1.64. The highest BCUT2D eigenvalue weighted by Crippen LogP contribution is 2.18. The molecule has 0 atom stereocenters. The quantitative estimate of drug-likeness (QED) is 0.719.